The number of carbonyl (C=O) groups excluding carboxylic acids is 2. The summed E-state index contributed by atoms with van der Waals surface area (Å²) in [6.45, 7) is 1.22. The molecule has 2 saturated heterocycles. The summed E-state index contributed by atoms with van der Waals surface area (Å²) in [5.41, 5.74) is -0.287. The molecule has 4 atom stereocenters. The van der Waals surface area contributed by atoms with E-state index in [0.29, 0.717) is 49.6 Å². The van der Waals surface area contributed by atoms with E-state index in [9.17, 15) is 19.8 Å². The van der Waals surface area contributed by atoms with Crippen LogP contribution < -0.4 is 10.6 Å². The van der Waals surface area contributed by atoms with Crippen LogP contribution in [-0.4, -0.2) is 57.6 Å². The molecule has 2 aromatic carbocycles. The van der Waals surface area contributed by atoms with Crippen molar-refractivity contribution < 1.29 is 29.3 Å². The van der Waals surface area contributed by atoms with Gasteiger partial charge in [0.15, 0.2) is 0 Å². The third kappa shape index (κ3) is 5.52. The Morgan fingerprint density at radius 2 is 0.904 bits per heavy atom. The summed E-state index contributed by atoms with van der Waals surface area (Å²) in [5.74, 6) is 2.34. The smallest absolute Gasteiger partial charge is 0.229 e. The molecule has 0 radical (unpaired) electrons. The second-order valence-electron chi connectivity index (χ2n) is 18.1. The molecule has 280 valence electrons. The van der Waals surface area contributed by atoms with Crippen LogP contribution in [0.3, 0.4) is 0 Å². The Hall–Kier alpha value is -2.78. The van der Waals surface area contributed by atoms with Gasteiger partial charge in [-0.1, -0.05) is 60.7 Å². The number of fused-ring (bicyclic) bond motifs is 4. The molecule has 2 amide bonds. The first-order chi connectivity index (χ1) is 25.3. The van der Waals surface area contributed by atoms with Crippen LogP contribution in [0.15, 0.2) is 60.7 Å². The minimum atomic E-state index is -0.493. The Morgan fingerprint density at radius 3 is 1.21 bits per heavy atom. The average molecular weight is 711 g/mol. The normalized spacial score (nSPS) is 35.3. The fourth-order valence-corrected chi connectivity index (χ4v) is 12.2. The van der Waals surface area contributed by atoms with Gasteiger partial charge in [-0.3, -0.25) is 9.59 Å². The first-order valence-corrected chi connectivity index (χ1v) is 20.5. The van der Waals surface area contributed by atoms with Crippen LogP contribution in [0.4, 0.5) is 0 Å². The maximum atomic E-state index is 13.6. The highest BCUT2D eigenvalue weighted by atomic mass is 16.6. The van der Waals surface area contributed by atoms with E-state index in [0.717, 1.165) is 49.7 Å². The summed E-state index contributed by atoms with van der Waals surface area (Å²) < 4.78 is 13.6. The molecule has 8 nitrogen and oxygen atoms in total. The van der Waals surface area contributed by atoms with Gasteiger partial charge in [-0.2, -0.15) is 0 Å². The van der Waals surface area contributed by atoms with Crippen LogP contribution in [0.25, 0.3) is 0 Å². The van der Waals surface area contributed by atoms with Crippen molar-refractivity contribution in [3.8, 4) is 0 Å². The zero-order valence-corrected chi connectivity index (χ0v) is 30.8. The standard InChI is InChI=1S/2C22H29NO3/c2*24-15-20-11-4-12-21(14-20,19(25)23-13-16-5-2-1-3-6-16)22(26-20,17-7-8-17)18-9-10-18/h2*1-3,5-6,17-18,24H,4,7-15H2,(H,23,25)/t2*20-,21+/m10/s1. The Labute approximate surface area is 308 Å². The van der Waals surface area contributed by atoms with Gasteiger partial charge < -0.3 is 30.3 Å². The van der Waals surface area contributed by atoms with Crippen LogP contribution in [-0.2, 0) is 32.2 Å². The van der Waals surface area contributed by atoms with Gasteiger partial charge in [-0.15, -0.1) is 0 Å². The predicted molar refractivity (Wildman–Crippen MR) is 197 cm³/mol. The molecule has 0 spiro atoms. The van der Waals surface area contributed by atoms with Crippen molar-refractivity contribution in [1.29, 1.82) is 0 Å². The summed E-state index contributed by atoms with van der Waals surface area (Å²) in [5, 5.41) is 26.8. The van der Waals surface area contributed by atoms with E-state index in [1.807, 2.05) is 36.4 Å². The van der Waals surface area contributed by atoms with E-state index in [-0.39, 0.29) is 36.2 Å². The topological polar surface area (TPSA) is 117 Å². The minimum absolute atomic E-state index is 0.0436. The summed E-state index contributed by atoms with van der Waals surface area (Å²) in [7, 11) is 0. The molecule has 8 fully saturated rings. The van der Waals surface area contributed by atoms with Crippen LogP contribution in [0, 0.1) is 34.5 Å². The van der Waals surface area contributed by atoms with Crippen molar-refractivity contribution in [2.24, 2.45) is 34.5 Å². The molecule has 4 bridgehead atoms. The molecule has 8 aliphatic rings. The second-order valence-corrected chi connectivity index (χ2v) is 18.1. The fourth-order valence-electron chi connectivity index (χ4n) is 12.2. The number of hydrogen-bond donors (Lipinski definition) is 4. The average Bonchev–Trinajstić information content (AvgIpc) is 4.01. The number of rotatable bonds is 12. The first-order valence-electron chi connectivity index (χ1n) is 20.5. The van der Waals surface area contributed by atoms with E-state index < -0.39 is 22.0 Å². The second kappa shape index (κ2) is 12.9. The quantitative estimate of drug-likeness (QED) is 0.204. The lowest BCUT2D eigenvalue weighted by Crippen LogP contribution is -2.57. The Balaban J connectivity index is 0.000000138. The maximum absolute atomic E-state index is 13.6. The third-order valence-corrected chi connectivity index (χ3v) is 14.8. The zero-order valence-electron chi connectivity index (χ0n) is 30.8. The lowest BCUT2D eigenvalue weighted by Gasteiger charge is -2.44. The number of amides is 2. The predicted octanol–water partition coefficient (Wildman–Crippen LogP) is 6.37. The lowest BCUT2D eigenvalue weighted by atomic mass is 9.59. The Kier molecular flexibility index (Phi) is 8.69. The monoisotopic (exact) mass is 710 g/mol. The first kappa shape index (κ1) is 35.0. The number of aliphatic hydroxyl groups excluding tert-OH is 2. The zero-order chi connectivity index (χ0) is 35.7. The van der Waals surface area contributed by atoms with Crippen molar-refractivity contribution in [2.45, 2.75) is 138 Å². The van der Waals surface area contributed by atoms with Crippen LogP contribution in [0.5, 0.6) is 0 Å². The summed E-state index contributed by atoms with van der Waals surface area (Å²) in [4.78, 5) is 27.2. The van der Waals surface area contributed by atoms with Crippen molar-refractivity contribution >= 4 is 11.8 Å². The molecule has 4 N–H and O–H groups in total. The highest BCUT2D eigenvalue weighted by Gasteiger charge is 2.78. The summed E-state index contributed by atoms with van der Waals surface area (Å²) in [6, 6.07) is 20.2. The maximum Gasteiger partial charge on any atom is 0.229 e. The number of hydrogen-bond acceptors (Lipinski definition) is 6. The van der Waals surface area contributed by atoms with Crippen molar-refractivity contribution in [3.05, 3.63) is 71.8 Å². The molecule has 0 aromatic heterocycles. The van der Waals surface area contributed by atoms with Gasteiger partial charge in [-0.25, -0.2) is 0 Å². The van der Waals surface area contributed by atoms with Gasteiger partial charge in [0.05, 0.1) is 46.4 Å². The molecule has 0 unspecified atom stereocenters. The number of nitrogens with one attached hydrogen (secondary N) is 2. The SMILES string of the molecule is O=C(NCc1ccccc1)[C@@]12CCC[C@@](CO)(C1)OC2(C1CC1)C1CC1.O=C(NCc1ccccc1)[C@]12CCC[C@](CO)(C1)OC2(C1CC1)C1CC1. The summed E-state index contributed by atoms with van der Waals surface area (Å²) >= 11 is 0. The van der Waals surface area contributed by atoms with Crippen molar-refractivity contribution in [1.82, 2.24) is 10.6 Å². The van der Waals surface area contributed by atoms with Crippen molar-refractivity contribution in [2.75, 3.05) is 13.2 Å². The van der Waals surface area contributed by atoms with Gasteiger partial charge in [0, 0.05) is 13.1 Å². The lowest BCUT2D eigenvalue weighted by molar-refractivity contribution is -0.170. The van der Waals surface area contributed by atoms with E-state index >= 15 is 0 Å². The molecule has 2 aromatic rings. The van der Waals surface area contributed by atoms with Gasteiger partial charge in [0.25, 0.3) is 0 Å². The number of ether oxygens (including phenoxy) is 2. The van der Waals surface area contributed by atoms with E-state index in [2.05, 4.69) is 34.9 Å². The van der Waals surface area contributed by atoms with Crippen LogP contribution in [0.1, 0.15) is 114 Å². The molecule has 6 aliphatic carbocycles. The molecule has 10 rings (SSSR count). The molecule has 6 saturated carbocycles. The highest BCUT2D eigenvalue weighted by Crippen LogP contribution is 2.73. The molecule has 8 heteroatoms. The van der Waals surface area contributed by atoms with Gasteiger partial charge in [0.1, 0.15) is 0 Å². The van der Waals surface area contributed by atoms with Crippen LogP contribution in [0.2, 0.25) is 0 Å². The molecular formula is C44H58N2O6. The van der Waals surface area contributed by atoms with Gasteiger partial charge in [-0.05, 0) is 138 Å². The largest absolute Gasteiger partial charge is 0.393 e. The van der Waals surface area contributed by atoms with Crippen LogP contribution >= 0.6 is 0 Å². The minimum Gasteiger partial charge on any atom is -0.393 e. The van der Waals surface area contributed by atoms with Gasteiger partial charge in [0.2, 0.25) is 11.8 Å². The Morgan fingerprint density at radius 1 is 0.558 bits per heavy atom. The van der Waals surface area contributed by atoms with E-state index in [4.69, 9.17) is 9.47 Å². The van der Waals surface area contributed by atoms with E-state index in [1.54, 1.807) is 0 Å². The highest BCUT2D eigenvalue weighted by molar-refractivity contribution is 5.86. The third-order valence-electron chi connectivity index (χ3n) is 14.8. The fraction of sp³-hybridized carbons (Fsp3) is 0.682. The number of benzene rings is 2. The Bertz CT molecular complexity index is 1490. The van der Waals surface area contributed by atoms with Crippen molar-refractivity contribution in [3.63, 3.8) is 0 Å². The van der Waals surface area contributed by atoms with Gasteiger partial charge >= 0.3 is 0 Å². The number of carbonyl (C=O) groups is 2. The molecule has 2 aliphatic heterocycles. The molecule has 52 heavy (non-hydrogen) atoms. The van der Waals surface area contributed by atoms with E-state index in [1.165, 1.54) is 51.4 Å². The number of aliphatic hydroxyl groups is 2. The molecular weight excluding hydrogens is 652 g/mol. The summed E-state index contributed by atoms with van der Waals surface area (Å²) in [6.07, 6.45) is 16.3. The molecule has 2 heterocycles.